The van der Waals surface area contributed by atoms with Crippen LogP contribution in [0.5, 0.6) is 0 Å². The molecule has 39 heavy (non-hydrogen) atoms. The zero-order chi connectivity index (χ0) is 27.4. The Morgan fingerprint density at radius 3 is 2.77 bits per heavy atom. The number of amides is 2. The van der Waals surface area contributed by atoms with Crippen LogP contribution in [0.2, 0.25) is 0 Å². The summed E-state index contributed by atoms with van der Waals surface area (Å²) in [6.45, 7) is 4.09. The number of hydrogen-bond acceptors (Lipinski definition) is 9. The molecule has 208 valence electrons. The average Bonchev–Trinajstić information content (AvgIpc) is 3.73. The number of carbonyl (C=O) groups is 3. The van der Waals surface area contributed by atoms with Gasteiger partial charge in [0.15, 0.2) is 16.7 Å². The SMILES string of the molecule is CCOC(=O)c1c(NC(=O)C(C)Sc2nnc(CNC(=O)c3ccco3)n2C2CCCCC2)sc2c1CCC2. The van der Waals surface area contributed by atoms with Crippen LogP contribution in [0.1, 0.15) is 95.6 Å². The monoisotopic (exact) mass is 571 g/mol. The molecule has 3 aromatic heterocycles. The second kappa shape index (κ2) is 12.4. The van der Waals surface area contributed by atoms with Gasteiger partial charge in [0.25, 0.3) is 5.91 Å². The molecular weight excluding hydrogens is 538 g/mol. The molecule has 0 spiro atoms. The molecule has 1 fully saturated rings. The number of fused-ring (bicyclic) bond motifs is 1. The molecule has 10 nitrogen and oxygen atoms in total. The Hall–Kier alpha value is -3.12. The molecule has 5 rings (SSSR count). The lowest BCUT2D eigenvalue weighted by Crippen LogP contribution is -2.27. The fraction of sp³-hybridized carbons (Fsp3) is 0.519. The van der Waals surface area contributed by atoms with E-state index in [2.05, 4.69) is 25.4 Å². The Labute approximate surface area is 235 Å². The highest BCUT2D eigenvalue weighted by molar-refractivity contribution is 8.00. The number of hydrogen-bond donors (Lipinski definition) is 2. The number of nitrogens with one attached hydrogen (secondary N) is 2. The lowest BCUT2D eigenvalue weighted by molar-refractivity contribution is -0.115. The summed E-state index contributed by atoms with van der Waals surface area (Å²) in [7, 11) is 0. The zero-order valence-corrected chi connectivity index (χ0v) is 23.8. The fourth-order valence-corrected chi connectivity index (χ4v) is 7.42. The Morgan fingerprint density at radius 1 is 1.21 bits per heavy atom. The number of furan rings is 1. The number of esters is 1. The summed E-state index contributed by atoms with van der Waals surface area (Å²) >= 11 is 2.80. The Kier molecular flexibility index (Phi) is 8.71. The van der Waals surface area contributed by atoms with Crippen molar-refractivity contribution in [2.24, 2.45) is 0 Å². The van der Waals surface area contributed by atoms with Gasteiger partial charge in [0.05, 0.1) is 30.2 Å². The van der Waals surface area contributed by atoms with E-state index in [-0.39, 0.29) is 42.7 Å². The van der Waals surface area contributed by atoms with Crippen LogP contribution in [0.25, 0.3) is 0 Å². The van der Waals surface area contributed by atoms with Crippen molar-refractivity contribution in [2.45, 2.75) is 88.2 Å². The molecule has 0 radical (unpaired) electrons. The molecule has 0 aliphatic heterocycles. The number of aryl methyl sites for hydroxylation is 1. The van der Waals surface area contributed by atoms with Gasteiger partial charge in [-0.2, -0.15) is 0 Å². The number of aromatic nitrogens is 3. The van der Waals surface area contributed by atoms with Gasteiger partial charge in [0.2, 0.25) is 5.91 Å². The summed E-state index contributed by atoms with van der Waals surface area (Å²) in [5.74, 6) is -0.0286. The molecule has 1 unspecified atom stereocenters. The van der Waals surface area contributed by atoms with Crippen molar-refractivity contribution in [3.63, 3.8) is 0 Å². The number of nitrogens with zero attached hydrogens (tertiary/aromatic N) is 3. The second-order valence-electron chi connectivity index (χ2n) is 9.75. The number of ether oxygens (including phenoxy) is 1. The molecule has 12 heteroatoms. The van der Waals surface area contributed by atoms with E-state index in [4.69, 9.17) is 9.15 Å². The van der Waals surface area contributed by atoms with Crippen molar-refractivity contribution in [1.29, 1.82) is 0 Å². The lowest BCUT2D eigenvalue weighted by atomic mass is 9.95. The summed E-state index contributed by atoms with van der Waals surface area (Å²) in [5, 5.41) is 15.4. The van der Waals surface area contributed by atoms with E-state index in [0.717, 1.165) is 55.4 Å². The maximum absolute atomic E-state index is 13.3. The summed E-state index contributed by atoms with van der Waals surface area (Å²) in [6, 6.07) is 3.48. The summed E-state index contributed by atoms with van der Waals surface area (Å²) in [6.07, 6.45) is 9.61. The number of anilines is 1. The van der Waals surface area contributed by atoms with Crippen molar-refractivity contribution in [2.75, 3.05) is 11.9 Å². The van der Waals surface area contributed by atoms with Crippen molar-refractivity contribution in [3.05, 3.63) is 46.0 Å². The number of thiophene rings is 1. The van der Waals surface area contributed by atoms with Crippen LogP contribution in [0.4, 0.5) is 5.00 Å². The molecule has 3 heterocycles. The first-order valence-electron chi connectivity index (χ1n) is 13.5. The third-order valence-electron chi connectivity index (χ3n) is 7.12. The predicted molar refractivity (Wildman–Crippen MR) is 148 cm³/mol. The highest BCUT2D eigenvalue weighted by Gasteiger charge is 2.30. The van der Waals surface area contributed by atoms with Crippen molar-refractivity contribution < 1.29 is 23.5 Å². The van der Waals surface area contributed by atoms with Crippen LogP contribution >= 0.6 is 23.1 Å². The molecule has 1 saturated carbocycles. The van der Waals surface area contributed by atoms with E-state index in [0.29, 0.717) is 21.5 Å². The molecule has 3 aromatic rings. The Morgan fingerprint density at radius 2 is 2.03 bits per heavy atom. The molecule has 0 saturated heterocycles. The van der Waals surface area contributed by atoms with Gasteiger partial charge in [-0.1, -0.05) is 31.0 Å². The second-order valence-corrected chi connectivity index (χ2v) is 12.2. The maximum Gasteiger partial charge on any atom is 0.341 e. The van der Waals surface area contributed by atoms with Crippen LogP contribution in [0, 0.1) is 0 Å². The highest BCUT2D eigenvalue weighted by atomic mass is 32.2. The normalized spacial score (nSPS) is 16.1. The molecule has 2 aliphatic carbocycles. The van der Waals surface area contributed by atoms with Gasteiger partial charge in [-0.25, -0.2) is 4.79 Å². The lowest BCUT2D eigenvalue weighted by Gasteiger charge is -2.26. The quantitative estimate of drug-likeness (QED) is 0.253. The first-order valence-corrected chi connectivity index (χ1v) is 15.2. The molecule has 0 bridgehead atoms. The smallest absolute Gasteiger partial charge is 0.341 e. The minimum atomic E-state index is -0.492. The van der Waals surface area contributed by atoms with Crippen LogP contribution in [-0.4, -0.2) is 44.4 Å². The Bertz CT molecular complexity index is 1330. The van der Waals surface area contributed by atoms with Crippen LogP contribution < -0.4 is 10.6 Å². The van der Waals surface area contributed by atoms with Crippen molar-refractivity contribution >= 4 is 45.9 Å². The van der Waals surface area contributed by atoms with E-state index >= 15 is 0 Å². The third kappa shape index (κ3) is 6.06. The van der Waals surface area contributed by atoms with Gasteiger partial charge in [-0.3, -0.25) is 9.59 Å². The fourth-order valence-electron chi connectivity index (χ4n) is 5.21. The first kappa shape index (κ1) is 27.4. The molecule has 0 aromatic carbocycles. The van der Waals surface area contributed by atoms with Gasteiger partial charge >= 0.3 is 5.97 Å². The first-order chi connectivity index (χ1) is 19.0. The van der Waals surface area contributed by atoms with E-state index in [9.17, 15) is 14.4 Å². The number of carbonyl (C=O) groups excluding carboxylic acids is 3. The van der Waals surface area contributed by atoms with Crippen LogP contribution in [0.15, 0.2) is 28.0 Å². The van der Waals surface area contributed by atoms with Gasteiger partial charge in [-0.05, 0) is 63.6 Å². The van der Waals surface area contributed by atoms with Gasteiger partial charge in [0, 0.05) is 10.9 Å². The molecular formula is C27H33N5O5S2. The predicted octanol–water partition coefficient (Wildman–Crippen LogP) is 5.15. The minimum Gasteiger partial charge on any atom is -0.462 e. The van der Waals surface area contributed by atoms with Gasteiger partial charge in [-0.15, -0.1) is 21.5 Å². The van der Waals surface area contributed by atoms with Crippen LogP contribution in [-0.2, 0) is 28.9 Å². The van der Waals surface area contributed by atoms with Crippen LogP contribution in [0.3, 0.4) is 0 Å². The standard InChI is InChI=1S/C27H33N5O5S2/c1-3-36-26(35)22-18-11-7-13-20(18)39-25(22)29-23(33)16(2)38-27-31-30-21(32(27)17-9-5-4-6-10-17)15-28-24(34)19-12-8-14-37-19/h8,12,14,16-17H,3-7,9-11,13,15H2,1-2H3,(H,28,34)(H,29,33). The molecule has 2 amide bonds. The highest BCUT2D eigenvalue weighted by Crippen LogP contribution is 2.40. The maximum atomic E-state index is 13.3. The third-order valence-corrected chi connectivity index (χ3v) is 9.38. The molecule has 2 aliphatic rings. The van der Waals surface area contributed by atoms with Gasteiger partial charge in [0.1, 0.15) is 5.00 Å². The largest absolute Gasteiger partial charge is 0.462 e. The van der Waals surface area contributed by atoms with Crippen molar-refractivity contribution in [3.8, 4) is 0 Å². The summed E-state index contributed by atoms with van der Waals surface area (Å²) in [5.41, 5.74) is 1.51. The van der Waals surface area contributed by atoms with E-state index in [1.165, 1.54) is 35.8 Å². The minimum absolute atomic E-state index is 0.202. The van der Waals surface area contributed by atoms with E-state index in [1.54, 1.807) is 19.1 Å². The number of thioether (sulfide) groups is 1. The topological polar surface area (TPSA) is 128 Å². The molecule has 2 N–H and O–H groups in total. The summed E-state index contributed by atoms with van der Waals surface area (Å²) in [4.78, 5) is 39.6. The number of rotatable bonds is 10. The zero-order valence-electron chi connectivity index (χ0n) is 22.2. The Balaban J connectivity index is 1.31. The van der Waals surface area contributed by atoms with Gasteiger partial charge < -0.3 is 24.4 Å². The van der Waals surface area contributed by atoms with Crippen molar-refractivity contribution in [1.82, 2.24) is 20.1 Å². The average molecular weight is 572 g/mol. The van der Waals surface area contributed by atoms with E-state index in [1.807, 2.05) is 6.92 Å². The summed E-state index contributed by atoms with van der Waals surface area (Å²) < 4.78 is 12.6. The molecule has 1 atom stereocenters. The van der Waals surface area contributed by atoms with E-state index < -0.39 is 5.25 Å².